The smallest absolute Gasteiger partial charge is 0.243 e. The fraction of sp³-hybridized carbons (Fsp3) is 0.647. The largest absolute Gasteiger partial charge is 0.382 e. The Bertz CT molecular complexity index is 489. The van der Waals surface area contributed by atoms with Crippen LogP contribution < -0.4 is 5.32 Å². The quantitative estimate of drug-likeness (QED) is 0.395. The van der Waals surface area contributed by atoms with E-state index in [1.165, 1.54) is 4.88 Å². The average molecular weight is 355 g/mol. The third-order valence-corrected chi connectivity index (χ3v) is 4.39. The number of amides is 1. The summed E-state index contributed by atoms with van der Waals surface area (Å²) in [4.78, 5) is 21.2. The van der Waals surface area contributed by atoms with Crippen molar-refractivity contribution in [3.05, 3.63) is 22.4 Å². The van der Waals surface area contributed by atoms with Crippen molar-refractivity contribution in [2.45, 2.75) is 19.8 Å². The Labute approximate surface area is 149 Å². The first kappa shape index (κ1) is 20.4. The lowest BCUT2D eigenvalue weighted by Crippen LogP contribution is -2.41. The summed E-state index contributed by atoms with van der Waals surface area (Å²) < 4.78 is 5.35. The van der Waals surface area contributed by atoms with Crippen molar-refractivity contribution in [2.75, 3.05) is 54.0 Å². The number of thiophene rings is 1. The molecule has 1 aromatic heterocycles. The van der Waals surface area contributed by atoms with Gasteiger partial charge < -0.3 is 19.9 Å². The summed E-state index contributed by atoms with van der Waals surface area (Å²) in [6, 6.07) is 4.21. The Morgan fingerprint density at radius 3 is 2.79 bits per heavy atom. The minimum Gasteiger partial charge on any atom is -0.382 e. The van der Waals surface area contributed by atoms with Gasteiger partial charge in [-0.05, 0) is 31.2 Å². The summed E-state index contributed by atoms with van der Waals surface area (Å²) in [5, 5.41) is 5.42. The molecule has 1 aromatic rings. The van der Waals surface area contributed by atoms with E-state index in [4.69, 9.17) is 4.74 Å². The van der Waals surface area contributed by atoms with Gasteiger partial charge in [-0.15, -0.1) is 11.3 Å². The lowest BCUT2D eigenvalue weighted by atomic mass is 10.3. The Balaban J connectivity index is 2.53. The molecular formula is C17H30N4O2S. The zero-order valence-electron chi connectivity index (χ0n) is 15.2. The van der Waals surface area contributed by atoms with E-state index >= 15 is 0 Å². The highest BCUT2D eigenvalue weighted by atomic mass is 32.1. The van der Waals surface area contributed by atoms with Crippen molar-refractivity contribution in [1.29, 1.82) is 0 Å². The van der Waals surface area contributed by atoms with Gasteiger partial charge in [-0.25, -0.2) is 4.99 Å². The SMILES string of the molecule is CCOCCCNC(=NCC(=O)N(C)C)N(C)CCc1cccs1. The van der Waals surface area contributed by atoms with Crippen LogP contribution in [0, 0.1) is 0 Å². The molecule has 1 rings (SSSR count). The molecule has 0 unspecified atom stereocenters. The minimum absolute atomic E-state index is 0.00438. The number of nitrogens with one attached hydrogen (secondary N) is 1. The number of aliphatic imine (C=N–C) groups is 1. The molecule has 0 aliphatic carbocycles. The van der Waals surface area contributed by atoms with Crippen molar-refractivity contribution in [2.24, 2.45) is 4.99 Å². The van der Waals surface area contributed by atoms with E-state index in [1.54, 1.807) is 30.3 Å². The van der Waals surface area contributed by atoms with Gasteiger partial charge in [0, 0.05) is 52.3 Å². The molecule has 1 amide bonds. The predicted molar refractivity (Wildman–Crippen MR) is 101 cm³/mol. The second-order valence-electron chi connectivity index (χ2n) is 5.66. The highest BCUT2D eigenvalue weighted by molar-refractivity contribution is 7.09. The van der Waals surface area contributed by atoms with E-state index in [2.05, 4.69) is 32.7 Å². The third kappa shape index (κ3) is 8.31. The number of hydrogen-bond acceptors (Lipinski definition) is 4. The minimum atomic E-state index is -0.00438. The van der Waals surface area contributed by atoms with Crippen LogP contribution in [0.4, 0.5) is 0 Å². The first-order chi connectivity index (χ1) is 11.5. The van der Waals surface area contributed by atoms with Crippen molar-refractivity contribution >= 4 is 23.2 Å². The number of guanidine groups is 1. The van der Waals surface area contributed by atoms with Crippen LogP contribution in [0.3, 0.4) is 0 Å². The van der Waals surface area contributed by atoms with E-state index in [0.717, 1.165) is 45.1 Å². The zero-order chi connectivity index (χ0) is 17.8. The van der Waals surface area contributed by atoms with Gasteiger partial charge in [-0.1, -0.05) is 6.07 Å². The number of likely N-dealkylation sites (N-methyl/N-ethyl adjacent to an activating group) is 2. The van der Waals surface area contributed by atoms with Crippen LogP contribution in [0.15, 0.2) is 22.5 Å². The first-order valence-corrected chi connectivity index (χ1v) is 9.22. The van der Waals surface area contributed by atoms with Crippen LogP contribution in [-0.4, -0.2) is 75.7 Å². The lowest BCUT2D eigenvalue weighted by Gasteiger charge is -2.22. The molecule has 0 spiro atoms. The van der Waals surface area contributed by atoms with Gasteiger partial charge in [0.05, 0.1) is 0 Å². The Kier molecular flexibility index (Phi) is 10.1. The van der Waals surface area contributed by atoms with Gasteiger partial charge in [0.15, 0.2) is 5.96 Å². The number of carbonyl (C=O) groups excluding carboxylic acids is 1. The molecule has 0 bridgehead atoms. The summed E-state index contributed by atoms with van der Waals surface area (Å²) >= 11 is 1.76. The highest BCUT2D eigenvalue weighted by Gasteiger charge is 2.09. The zero-order valence-corrected chi connectivity index (χ0v) is 16.1. The maximum Gasteiger partial charge on any atom is 0.243 e. The predicted octanol–water partition coefficient (Wildman–Crippen LogP) is 1.68. The van der Waals surface area contributed by atoms with Gasteiger partial charge in [-0.2, -0.15) is 0 Å². The topological polar surface area (TPSA) is 57.2 Å². The van der Waals surface area contributed by atoms with Gasteiger partial charge in [0.25, 0.3) is 0 Å². The first-order valence-electron chi connectivity index (χ1n) is 8.34. The van der Waals surface area contributed by atoms with Crippen molar-refractivity contribution < 1.29 is 9.53 Å². The van der Waals surface area contributed by atoms with E-state index in [0.29, 0.717) is 0 Å². The van der Waals surface area contributed by atoms with Crippen molar-refractivity contribution in [3.8, 4) is 0 Å². The molecule has 0 aliphatic heterocycles. The van der Waals surface area contributed by atoms with Crippen molar-refractivity contribution in [3.63, 3.8) is 0 Å². The molecule has 0 radical (unpaired) electrons. The fourth-order valence-corrected chi connectivity index (χ4v) is 2.65. The van der Waals surface area contributed by atoms with Crippen LogP contribution in [0.5, 0.6) is 0 Å². The summed E-state index contributed by atoms with van der Waals surface area (Å²) in [7, 11) is 5.49. The molecule has 0 saturated heterocycles. The van der Waals surface area contributed by atoms with Gasteiger partial charge in [-0.3, -0.25) is 4.79 Å². The molecular weight excluding hydrogens is 324 g/mol. The number of ether oxygens (including phenoxy) is 1. The lowest BCUT2D eigenvalue weighted by molar-refractivity contribution is -0.127. The highest BCUT2D eigenvalue weighted by Crippen LogP contribution is 2.09. The number of hydrogen-bond donors (Lipinski definition) is 1. The molecule has 24 heavy (non-hydrogen) atoms. The van der Waals surface area contributed by atoms with E-state index < -0.39 is 0 Å². The van der Waals surface area contributed by atoms with Crippen LogP contribution in [0.2, 0.25) is 0 Å². The van der Waals surface area contributed by atoms with E-state index in [1.807, 2.05) is 14.0 Å². The summed E-state index contributed by atoms with van der Waals surface area (Å²) in [6.45, 7) is 5.24. The second kappa shape index (κ2) is 11.9. The number of rotatable bonds is 10. The van der Waals surface area contributed by atoms with Gasteiger partial charge in [0.2, 0.25) is 5.91 Å². The maximum absolute atomic E-state index is 11.8. The molecule has 0 aliphatic rings. The normalized spacial score (nSPS) is 11.4. The van der Waals surface area contributed by atoms with Gasteiger partial charge in [0.1, 0.15) is 6.54 Å². The maximum atomic E-state index is 11.8. The molecule has 1 heterocycles. The van der Waals surface area contributed by atoms with Crippen LogP contribution >= 0.6 is 11.3 Å². The molecule has 6 nitrogen and oxygen atoms in total. The molecule has 0 saturated carbocycles. The van der Waals surface area contributed by atoms with Gasteiger partial charge >= 0.3 is 0 Å². The van der Waals surface area contributed by atoms with Crippen LogP contribution in [-0.2, 0) is 16.0 Å². The Morgan fingerprint density at radius 2 is 2.17 bits per heavy atom. The fourth-order valence-electron chi connectivity index (χ4n) is 1.95. The monoisotopic (exact) mass is 354 g/mol. The van der Waals surface area contributed by atoms with E-state index in [9.17, 15) is 4.79 Å². The van der Waals surface area contributed by atoms with E-state index in [-0.39, 0.29) is 12.5 Å². The summed E-state index contributed by atoms with van der Waals surface area (Å²) in [5.74, 6) is 0.758. The number of carbonyl (C=O) groups is 1. The van der Waals surface area contributed by atoms with Crippen molar-refractivity contribution in [1.82, 2.24) is 15.1 Å². The third-order valence-electron chi connectivity index (χ3n) is 3.45. The standard InChI is InChI=1S/C17H30N4O2S/c1-5-23-12-7-10-18-17(19-14-16(22)20(2)3)21(4)11-9-15-8-6-13-24-15/h6,8,13H,5,7,9-12,14H2,1-4H3,(H,18,19). The second-order valence-corrected chi connectivity index (χ2v) is 6.69. The Morgan fingerprint density at radius 1 is 1.38 bits per heavy atom. The molecule has 0 aromatic carbocycles. The van der Waals surface area contributed by atoms with Crippen LogP contribution in [0.25, 0.3) is 0 Å². The molecule has 7 heteroatoms. The molecule has 0 atom stereocenters. The summed E-state index contributed by atoms with van der Waals surface area (Å²) in [5.41, 5.74) is 0. The molecule has 0 fully saturated rings. The Hall–Kier alpha value is -1.60. The average Bonchev–Trinajstić information content (AvgIpc) is 3.08. The summed E-state index contributed by atoms with van der Waals surface area (Å²) in [6.07, 6.45) is 1.88. The molecule has 136 valence electrons. The van der Waals surface area contributed by atoms with Crippen LogP contribution in [0.1, 0.15) is 18.2 Å². The molecule has 1 N–H and O–H groups in total. The number of nitrogens with zero attached hydrogens (tertiary/aromatic N) is 3.